The van der Waals surface area contributed by atoms with E-state index in [1.807, 2.05) is 30.3 Å². The summed E-state index contributed by atoms with van der Waals surface area (Å²) in [6.07, 6.45) is 1.77. The molecule has 1 heterocycles. The van der Waals surface area contributed by atoms with Crippen molar-refractivity contribution in [3.8, 4) is 5.75 Å². The van der Waals surface area contributed by atoms with E-state index in [0.717, 1.165) is 26.6 Å². The Hall–Kier alpha value is -2.07. The van der Waals surface area contributed by atoms with Gasteiger partial charge in [0.05, 0.1) is 0 Å². The second-order valence-electron chi connectivity index (χ2n) is 4.51. The molecular weight excluding hydrogens is 316 g/mol. The van der Waals surface area contributed by atoms with Crippen LogP contribution in [0.2, 0.25) is 0 Å². The number of aromatic hydroxyl groups is 1. The normalized spacial score (nSPS) is 10.7. The quantitative estimate of drug-likeness (QED) is 0.752. The summed E-state index contributed by atoms with van der Waals surface area (Å²) >= 11 is 3.53. The molecule has 3 aromatic rings. The van der Waals surface area contributed by atoms with Gasteiger partial charge in [-0.15, -0.1) is 0 Å². The molecule has 0 saturated heterocycles. The van der Waals surface area contributed by atoms with Crippen molar-refractivity contribution in [1.29, 1.82) is 0 Å². The highest BCUT2D eigenvalue weighted by molar-refractivity contribution is 9.10. The Balaban J connectivity index is 1.91. The van der Waals surface area contributed by atoms with Crippen LogP contribution in [0, 0.1) is 0 Å². The zero-order chi connectivity index (χ0) is 13.9. The molecule has 2 N–H and O–H groups in total. The van der Waals surface area contributed by atoms with Gasteiger partial charge in [0.1, 0.15) is 11.6 Å². The van der Waals surface area contributed by atoms with Crippen LogP contribution < -0.4 is 5.32 Å². The third-order valence-electron chi connectivity index (χ3n) is 3.15. The fraction of sp³-hybridized carbons (Fsp3) is 0.0625. The molecule has 0 unspecified atom stereocenters. The molecule has 0 saturated carbocycles. The predicted molar refractivity (Wildman–Crippen MR) is 84.9 cm³/mol. The maximum absolute atomic E-state index is 9.62. The van der Waals surface area contributed by atoms with Crippen LogP contribution in [-0.4, -0.2) is 10.1 Å². The first kappa shape index (κ1) is 12.9. The Kier molecular flexibility index (Phi) is 3.56. The van der Waals surface area contributed by atoms with E-state index < -0.39 is 0 Å². The summed E-state index contributed by atoms with van der Waals surface area (Å²) in [5.74, 6) is 1.02. The molecule has 0 aliphatic rings. The van der Waals surface area contributed by atoms with Gasteiger partial charge >= 0.3 is 0 Å². The van der Waals surface area contributed by atoms with Crippen molar-refractivity contribution in [3.05, 3.63) is 64.8 Å². The largest absolute Gasteiger partial charge is 0.508 e. The minimum Gasteiger partial charge on any atom is -0.508 e. The smallest absolute Gasteiger partial charge is 0.134 e. The van der Waals surface area contributed by atoms with Crippen LogP contribution in [-0.2, 0) is 6.54 Å². The van der Waals surface area contributed by atoms with Crippen molar-refractivity contribution in [2.24, 2.45) is 0 Å². The summed E-state index contributed by atoms with van der Waals surface area (Å²) in [5, 5.41) is 14.9. The van der Waals surface area contributed by atoms with Crippen LogP contribution in [0.25, 0.3) is 10.8 Å². The van der Waals surface area contributed by atoms with E-state index in [-0.39, 0.29) is 5.75 Å². The minimum atomic E-state index is 0.245. The van der Waals surface area contributed by atoms with Crippen LogP contribution >= 0.6 is 15.9 Å². The number of halogens is 1. The molecule has 2 aromatic carbocycles. The number of benzene rings is 2. The van der Waals surface area contributed by atoms with Gasteiger partial charge in [-0.05, 0) is 35.2 Å². The highest BCUT2D eigenvalue weighted by Gasteiger charge is 2.04. The maximum atomic E-state index is 9.62. The molecule has 0 atom stereocenters. The molecule has 3 rings (SSSR count). The second-order valence-corrected chi connectivity index (χ2v) is 5.36. The van der Waals surface area contributed by atoms with E-state index in [4.69, 9.17) is 0 Å². The number of hydrogen-bond acceptors (Lipinski definition) is 3. The molecular formula is C16H13BrN2O. The van der Waals surface area contributed by atoms with Crippen LogP contribution in [0.4, 0.5) is 5.82 Å². The summed E-state index contributed by atoms with van der Waals surface area (Å²) in [6, 6.07) is 15.3. The van der Waals surface area contributed by atoms with Crippen molar-refractivity contribution in [2.75, 3.05) is 5.32 Å². The predicted octanol–water partition coefficient (Wildman–Crippen LogP) is 4.32. The molecule has 0 fully saturated rings. The van der Waals surface area contributed by atoms with Gasteiger partial charge in [-0.25, -0.2) is 4.98 Å². The number of hydrogen-bond donors (Lipinski definition) is 2. The first-order valence-electron chi connectivity index (χ1n) is 6.29. The van der Waals surface area contributed by atoms with E-state index >= 15 is 0 Å². The fourth-order valence-electron chi connectivity index (χ4n) is 2.12. The van der Waals surface area contributed by atoms with Crippen molar-refractivity contribution < 1.29 is 5.11 Å². The number of rotatable bonds is 3. The Labute approximate surface area is 125 Å². The zero-order valence-corrected chi connectivity index (χ0v) is 12.3. The number of phenols is 1. The van der Waals surface area contributed by atoms with Crippen LogP contribution in [0.15, 0.2) is 59.2 Å². The topological polar surface area (TPSA) is 45.2 Å². The van der Waals surface area contributed by atoms with Gasteiger partial charge in [-0.3, -0.25) is 0 Å². The van der Waals surface area contributed by atoms with Gasteiger partial charge in [0.15, 0.2) is 0 Å². The number of pyridine rings is 1. The summed E-state index contributed by atoms with van der Waals surface area (Å²) < 4.78 is 1.07. The lowest BCUT2D eigenvalue weighted by Crippen LogP contribution is -2.02. The molecule has 0 aliphatic heterocycles. The molecule has 1 aromatic heterocycles. The lowest BCUT2D eigenvalue weighted by atomic mass is 10.1. The van der Waals surface area contributed by atoms with Crippen molar-refractivity contribution in [2.45, 2.75) is 6.54 Å². The van der Waals surface area contributed by atoms with Crippen molar-refractivity contribution >= 4 is 32.5 Å². The van der Waals surface area contributed by atoms with Gasteiger partial charge in [0, 0.05) is 22.6 Å². The average molecular weight is 329 g/mol. The summed E-state index contributed by atoms with van der Waals surface area (Å²) in [7, 11) is 0. The van der Waals surface area contributed by atoms with Crippen molar-refractivity contribution in [3.63, 3.8) is 0 Å². The lowest BCUT2D eigenvalue weighted by Gasteiger charge is -2.10. The number of anilines is 1. The zero-order valence-electron chi connectivity index (χ0n) is 10.7. The van der Waals surface area contributed by atoms with Crippen molar-refractivity contribution in [1.82, 2.24) is 4.98 Å². The number of nitrogens with one attached hydrogen (secondary N) is 1. The van der Waals surface area contributed by atoms with Crippen LogP contribution in [0.1, 0.15) is 5.56 Å². The average Bonchev–Trinajstić information content (AvgIpc) is 2.46. The highest BCUT2D eigenvalue weighted by atomic mass is 79.9. The molecule has 3 nitrogen and oxygen atoms in total. The van der Waals surface area contributed by atoms with Crippen LogP contribution in [0.3, 0.4) is 0 Å². The number of phenolic OH excluding ortho intramolecular Hbond substituents is 1. The second kappa shape index (κ2) is 5.51. The summed E-state index contributed by atoms with van der Waals surface area (Å²) in [5.41, 5.74) is 1.16. The Morgan fingerprint density at radius 3 is 2.80 bits per heavy atom. The van der Waals surface area contributed by atoms with E-state index in [1.54, 1.807) is 18.3 Å². The van der Waals surface area contributed by atoms with E-state index in [1.165, 1.54) is 0 Å². The molecule has 0 spiro atoms. The third kappa shape index (κ3) is 2.60. The Morgan fingerprint density at radius 2 is 1.95 bits per heavy atom. The molecule has 20 heavy (non-hydrogen) atoms. The SMILES string of the molecule is Oc1ccc2ccnc(NCc3ccccc3Br)c2c1. The minimum absolute atomic E-state index is 0.245. The molecule has 0 bridgehead atoms. The molecule has 4 heteroatoms. The number of fused-ring (bicyclic) bond motifs is 1. The molecule has 0 aliphatic carbocycles. The number of nitrogens with zero attached hydrogens (tertiary/aromatic N) is 1. The summed E-state index contributed by atoms with van der Waals surface area (Å²) in [6.45, 7) is 0.670. The maximum Gasteiger partial charge on any atom is 0.134 e. The lowest BCUT2D eigenvalue weighted by molar-refractivity contribution is 0.476. The standard InChI is InChI=1S/C16H13BrN2O/c17-15-4-2-1-3-12(15)10-19-16-14-9-13(20)6-5-11(14)7-8-18-16/h1-9,20H,10H2,(H,18,19). The third-order valence-corrected chi connectivity index (χ3v) is 3.93. The summed E-state index contributed by atoms with van der Waals surface area (Å²) in [4.78, 5) is 4.36. The molecule has 0 radical (unpaired) electrons. The van der Waals surface area contributed by atoms with Gasteiger partial charge in [0.2, 0.25) is 0 Å². The van der Waals surface area contributed by atoms with E-state index in [0.29, 0.717) is 6.54 Å². The first-order chi connectivity index (χ1) is 9.74. The molecule has 100 valence electrons. The number of aromatic nitrogens is 1. The van der Waals surface area contributed by atoms with E-state index in [2.05, 4.69) is 32.3 Å². The van der Waals surface area contributed by atoms with Gasteiger partial charge in [-0.1, -0.05) is 40.2 Å². The Bertz CT molecular complexity index is 758. The first-order valence-corrected chi connectivity index (χ1v) is 7.08. The fourth-order valence-corrected chi connectivity index (χ4v) is 2.54. The monoisotopic (exact) mass is 328 g/mol. The van der Waals surface area contributed by atoms with Gasteiger partial charge < -0.3 is 10.4 Å². The van der Waals surface area contributed by atoms with Gasteiger partial charge in [0.25, 0.3) is 0 Å². The van der Waals surface area contributed by atoms with E-state index in [9.17, 15) is 5.11 Å². The Morgan fingerprint density at radius 1 is 1.10 bits per heavy atom. The molecule has 0 amide bonds. The van der Waals surface area contributed by atoms with Gasteiger partial charge in [-0.2, -0.15) is 0 Å². The van der Waals surface area contributed by atoms with Crippen LogP contribution in [0.5, 0.6) is 5.75 Å². The highest BCUT2D eigenvalue weighted by Crippen LogP contribution is 2.26.